The van der Waals surface area contributed by atoms with Gasteiger partial charge in [0, 0.05) is 12.1 Å². The lowest BCUT2D eigenvalue weighted by atomic mass is 10.2. The lowest BCUT2D eigenvalue weighted by Gasteiger charge is -2.00. The summed E-state index contributed by atoms with van der Waals surface area (Å²) in [7, 11) is 0. The van der Waals surface area contributed by atoms with Crippen molar-refractivity contribution in [3.05, 3.63) is 35.9 Å². The van der Waals surface area contributed by atoms with Gasteiger partial charge in [0.2, 0.25) is 0 Å². The van der Waals surface area contributed by atoms with Crippen molar-refractivity contribution in [1.29, 1.82) is 0 Å². The Morgan fingerprint density at radius 2 is 2.00 bits per heavy atom. The molecule has 2 nitrogen and oxygen atoms in total. The van der Waals surface area contributed by atoms with E-state index in [2.05, 4.69) is 5.32 Å². The highest BCUT2D eigenvalue weighted by Gasteiger charge is 2.21. The Labute approximate surface area is 84.3 Å². The van der Waals surface area contributed by atoms with Crippen LogP contribution in [0.25, 0.3) is 0 Å². The summed E-state index contributed by atoms with van der Waals surface area (Å²) < 4.78 is 0. The smallest absolute Gasteiger partial charge is 0.267 e. The zero-order chi connectivity index (χ0) is 9.80. The van der Waals surface area contributed by atoms with Gasteiger partial charge in [-0.25, -0.2) is 5.32 Å². The molecule has 1 saturated carbocycles. The molecule has 0 N–H and O–H groups in total. The summed E-state index contributed by atoms with van der Waals surface area (Å²) in [4.78, 5) is 11.5. The highest BCUT2D eigenvalue weighted by atomic mass is 16.1. The number of carbonyl (C=O) groups excluding carboxylic acids is 1. The first kappa shape index (κ1) is 9.25. The lowest BCUT2D eigenvalue weighted by molar-refractivity contribution is 0.0948. The largest absolute Gasteiger partial charge is 0.272 e. The summed E-state index contributed by atoms with van der Waals surface area (Å²) in [5, 5.41) is 4.04. The van der Waals surface area contributed by atoms with Crippen LogP contribution in [0.15, 0.2) is 30.3 Å². The Morgan fingerprint density at radius 1 is 1.29 bits per heavy atom. The van der Waals surface area contributed by atoms with E-state index in [9.17, 15) is 4.79 Å². The first-order chi connectivity index (χ1) is 6.86. The molecule has 1 fully saturated rings. The van der Waals surface area contributed by atoms with Crippen molar-refractivity contribution < 1.29 is 4.79 Å². The molecule has 1 aliphatic carbocycles. The van der Waals surface area contributed by atoms with Crippen LogP contribution in [0.1, 0.15) is 29.6 Å². The SMILES string of the molecule is O=C([N]CCC1CC1)c1ccccc1. The van der Waals surface area contributed by atoms with Gasteiger partial charge in [-0.2, -0.15) is 0 Å². The maximum absolute atomic E-state index is 11.5. The number of hydrogen-bond acceptors (Lipinski definition) is 1. The van der Waals surface area contributed by atoms with Gasteiger partial charge in [-0.3, -0.25) is 4.79 Å². The standard InChI is InChI=1S/C12H14NO/c14-12(11-4-2-1-3-5-11)13-9-8-10-6-7-10/h1-5,10H,6-9H2. The molecule has 14 heavy (non-hydrogen) atoms. The van der Waals surface area contributed by atoms with E-state index in [1.807, 2.05) is 30.3 Å². The second-order valence-corrected chi connectivity index (χ2v) is 3.78. The van der Waals surface area contributed by atoms with Crippen LogP contribution in [-0.4, -0.2) is 12.5 Å². The van der Waals surface area contributed by atoms with Gasteiger partial charge in [0.25, 0.3) is 5.91 Å². The fourth-order valence-electron chi connectivity index (χ4n) is 1.43. The van der Waals surface area contributed by atoms with Gasteiger partial charge in [-0.15, -0.1) is 0 Å². The Hall–Kier alpha value is -1.31. The van der Waals surface area contributed by atoms with Gasteiger partial charge in [0.15, 0.2) is 0 Å². The highest BCUT2D eigenvalue weighted by Crippen LogP contribution is 2.31. The number of rotatable bonds is 4. The predicted octanol–water partition coefficient (Wildman–Crippen LogP) is 2.23. The topological polar surface area (TPSA) is 31.2 Å². The van der Waals surface area contributed by atoms with Crippen LogP contribution >= 0.6 is 0 Å². The summed E-state index contributed by atoms with van der Waals surface area (Å²) in [6.07, 6.45) is 3.74. The molecule has 73 valence electrons. The van der Waals surface area contributed by atoms with Crippen LogP contribution in [0.5, 0.6) is 0 Å². The molecule has 2 heteroatoms. The predicted molar refractivity (Wildman–Crippen MR) is 55.1 cm³/mol. The molecule has 0 atom stereocenters. The summed E-state index contributed by atoms with van der Waals surface area (Å²) in [5.41, 5.74) is 0.697. The molecule has 1 aromatic rings. The molecule has 0 bridgehead atoms. The van der Waals surface area contributed by atoms with Gasteiger partial charge >= 0.3 is 0 Å². The summed E-state index contributed by atoms with van der Waals surface area (Å²) >= 11 is 0. The molecule has 1 aromatic carbocycles. The zero-order valence-corrected chi connectivity index (χ0v) is 8.15. The second-order valence-electron chi connectivity index (χ2n) is 3.78. The third-order valence-corrected chi connectivity index (χ3v) is 2.51. The van der Waals surface area contributed by atoms with E-state index in [0.717, 1.165) is 12.3 Å². The highest BCUT2D eigenvalue weighted by molar-refractivity contribution is 5.93. The van der Waals surface area contributed by atoms with Crippen molar-refractivity contribution in [2.45, 2.75) is 19.3 Å². The van der Waals surface area contributed by atoms with E-state index in [1.54, 1.807) is 0 Å². The maximum atomic E-state index is 11.5. The average Bonchev–Trinajstić information content (AvgIpc) is 3.03. The molecular formula is C12H14NO. The molecule has 0 unspecified atom stereocenters. The minimum atomic E-state index is -0.0775. The molecular weight excluding hydrogens is 174 g/mol. The maximum Gasteiger partial charge on any atom is 0.272 e. The van der Waals surface area contributed by atoms with E-state index in [-0.39, 0.29) is 5.91 Å². The Bertz CT molecular complexity index is 303. The van der Waals surface area contributed by atoms with Crippen LogP contribution < -0.4 is 5.32 Å². The first-order valence-corrected chi connectivity index (χ1v) is 5.13. The Kier molecular flexibility index (Phi) is 2.82. The molecule has 1 amide bonds. The zero-order valence-electron chi connectivity index (χ0n) is 8.15. The van der Waals surface area contributed by atoms with Crippen molar-refractivity contribution in [3.63, 3.8) is 0 Å². The van der Waals surface area contributed by atoms with Crippen LogP contribution in [0.3, 0.4) is 0 Å². The first-order valence-electron chi connectivity index (χ1n) is 5.13. The summed E-state index contributed by atoms with van der Waals surface area (Å²) in [5.74, 6) is 0.772. The second kappa shape index (κ2) is 4.27. The van der Waals surface area contributed by atoms with Gasteiger partial charge in [-0.1, -0.05) is 31.0 Å². The van der Waals surface area contributed by atoms with Crippen molar-refractivity contribution >= 4 is 5.91 Å². The van der Waals surface area contributed by atoms with Crippen LogP contribution in [0.2, 0.25) is 0 Å². The quantitative estimate of drug-likeness (QED) is 0.712. The van der Waals surface area contributed by atoms with Crippen LogP contribution in [0, 0.1) is 5.92 Å². The van der Waals surface area contributed by atoms with Gasteiger partial charge in [0.05, 0.1) is 0 Å². The van der Waals surface area contributed by atoms with E-state index >= 15 is 0 Å². The minimum absolute atomic E-state index is 0.0775. The Morgan fingerprint density at radius 3 is 2.64 bits per heavy atom. The van der Waals surface area contributed by atoms with E-state index in [1.165, 1.54) is 12.8 Å². The fourth-order valence-corrected chi connectivity index (χ4v) is 1.43. The lowest BCUT2D eigenvalue weighted by Crippen LogP contribution is -2.17. The molecule has 0 saturated heterocycles. The minimum Gasteiger partial charge on any atom is -0.267 e. The van der Waals surface area contributed by atoms with Crippen molar-refractivity contribution in [1.82, 2.24) is 5.32 Å². The van der Waals surface area contributed by atoms with E-state index < -0.39 is 0 Å². The van der Waals surface area contributed by atoms with Crippen molar-refractivity contribution in [2.75, 3.05) is 6.54 Å². The van der Waals surface area contributed by atoms with Crippen LogP contribution in [0.4, 0.5) is 0 Å². The van der Waals surface area contributed by atoms with Gasteiger partial charge in [-0.05, 0) is 24.5 Å². The van der Waals surface area contributed by atoms with Crippen molar-refractivity contribution in [2.24, 2.45) is 5.92 Å². The summed E-state index contributed by atoms with van der Waals surface area (Å²) in [6, 6.07) is 9.25. The van der Waals surface area contributed by atoms with Crippen LogP contribution in [-0.2, 0) is 0 Å². The average molecular weight is 188 g/mol. The third-order valence-electron chi connectivity index (χ3n) is 2.51. The normalized spacial score (nSPS) is 15.1. The number of benzene rings is 1. The molecule has 0 aromatic heterocycles. The Balaban J connectivity index is 1.77. The molecule has 1 aliphatic rings. The molecule has 2 rings (SSSR count). The van der Waals surface area contributed by atoms with Crippen molar-refractivity contribution in [3.8, 4) is 0 Å². The fraction of sp³-hybridized carbons (Fsp3) is 0.417. The number of hydrogen-bond donors (Lipinski definition) is 0. The molecule has 1 radical (unpaired) electrons. The number of amides is 1. The van der Waals surface area contributed by atoms with E-state index in [4.69, 9.17) is 0 Å². The third kappa shape index (κ3) is 2.59. The van der Waals surface area contributed by atoms with E-state index in [0.29, 0.717) is 12.1 Å². The number of carbonyl (C=O) groups is 1. The van der Waals surface area contributed by atoms with Gasteiger partial charge in [0.1, 0.15) is 0 Å². The number of nitrogens with zero attached hydrogens (tertiary/aromatic N) is 1. The van der Waals surface area contributed by atoms with Gasteiger partial charge < -0.3 is 0 Å². The molecule has 0 aliphatic heterocycles. The monoisotopic (exact) mass is 188 g/mol. The molecule has 0 heterocycles. The summed E-state index contributed by atoms with van der Waals surface area (Å²) in [6.45, 7) is 0.693. The molecule has 0 spiro atoms.